The van der Waals surface area contributed by atoms with Crippen LogP contribution in [0.3, 0.4) is 0 Å². The second-order valence-electron chi connectivity index (χ2n) is 8.08. The minimum Gasteiger partial charge on any atom is -0.381 e. The van der Waals surface area contributed by atoms with Crippen molar-refractivity contribution in [1.82, 2.24) is 24.3 Å². The first-order chi connectivity index (χ1) is 13.5. The molecule has 0 radical (unpaired) electrons. The summed E-state index contributed by atoms with van der Waals surface area (Å²) in [5.41, 5.74) is 9.61. The zero-order valence-electron chi connectivity index (χ0n) is 15.6. The van der Waals surface area contributed by atoms with Crippen molar-refractivity contribution in [2.24, 2.45) is 5.41 Å². The van der Waals surface area contributed by atoms with Crippen molar-refractivity contribution in [3.8, 4) is 17.3 Å². The molecule has 0 aliphatic heterocycles. The van der Waals surface area contributed by atoms with E-state index in [9.17, 15) is 5.26 Å². The van der Waals surface area contributed by atoms with Crippen LogP contribution in [0.1, 0.15) is 37.7 Å². The number of hydrogen-bond donors (Lipinski definition) is 2. The Kier molecular flexibility index (Phi) is 3.86. The highest BCUT2D eigenvalue weighted by Gasteiger charge is 2.57. The van der Waals surface area contributed by atoms with Gasteiger partial charge in [-0.3, -0.25) is 4.72 Å². The molecule has 3 aliphatic rings. The number of nitrogen functional groups attached to an aromatic ring is 1. The molecule has 2 aromatic heterocycles. The average molecular weight is 392 g/mol. The van der Waals surface area contributed by atoms with Gasteiger partial charge < -0.3 is 5.73 Å². The first kappa shape index (κ1) is 17.5. The monoisotopic (exact) mass is 391 g/mol. The number of fused-ring (bicyclic) bond motifs is 3. The van der Waals surface area contributed by atoms with E-state index in [0.29, 0.717) is 11.5 Å². The summed E-state index contributed by atoms with van der Waals surface area (Å²) >= 11 is 1.66. The molecule has 6 rings (SSSR count). The van der Waals surface area contributed by atoms with Gasteiger partial charge in [-0.2, -0.15) is 10.4 Å². The van der Waals surface area contributed by atoms with Crippen LogP contribution in [-0.2, 0) is 0 Å². The fraction of sp³-hybridized carbons (Fsp3) is 0.400. The normalized spacial score (nSPS) is 26.0. The highest BCUT2D eigenvalue weighted by Crippen LogP contribution is 2.58. The first-order valence-electron chi connectivity index (χ1n) is 9.44. The van der Waals surface area contributed by atoms with Crippen LogP contribution in [0.4, 0.5) is 5.82 Å². The summed E-state index contributed by atoms with van der Waals surface area (Å²) in [7, 11) is 0. The molecule has 2 bridgehead atoms. The van der Waals surface area contributed by atoms with Gasteiger partial charge in [0.1, 0.15) is 6.33 Å². The zero-order valence-corrected chi connectivity index (χ0v) is 16.5. The summed E-state index contributed by atoms with van der Waals surface area (Å²) in [5.74, 6) is 0.369. The number of hydrogen-bond acceptors (Lipinski definition) is 7. The van der Waals surface area contributed by atoms with Gasteiger partial charge in [0.05, 0.1) is 23.4 Å². The van der Waals surface area contributed by atoms with Gasteiger partial charge in [-0.05, 0) is 68.7 Å². The Labute approximate surface area is 167 Å². The molecule has 0 spiro atoms. The van der Waals surface area contributed by atoms with Crippen LogP contribution >= 0.6 is 11.9 Å². The van der Waals surface area contributed by atoms with Crippen LogP contribution in [0.25, 0.3) is 16.9 Å². The van der Waals surface area contributed by atoms with Crippen LogP contribution < -0.4 is 10.5 Å². The summed E-state index contributed by atoms with van der Waals surface area (Å²) in [6.07, 6.45) is 8.48. The molecule has 8 heteroatoms. The van der Waals surface area contributed by atoms with Crippen LogP contribution in [0.5, 0.6) is 0 Å². The Bertz CT molecular complexity index is 1110. The Balaban J connectivity index is 1.41. The van der Waals surface area contributed by atoms with Crippen LogP contribution in [0, 0.1) is 23.7 Å². The molecular formula is C20H21N7S. The molecular weight excluding hydrogens is 370 g/mol. The number of nitriles is 1. The topological polar surface area (TPSA) is 105 Å². The fourth-order valence-corrected chi connectivity index (χ4v) is 5.64. The predicted molar refractivity (Wildman–Crippen MR) is 108 cm³/mol. The first-order valence-corrected chi connectivity index (χ1v) is 10.3. The maximum absolute atomic E-state index is 9.45. The number of aromatic nitrogens is 4. The Hall–Kier alpha value is -2.63. The number of imidazole rings is 1. The van der Waals surface area contributed by atoms with Gasteiger partial charge in [-0.1, -0.05) is 6.07 Å². The lowest BCUT2D eigenvalue weighted by Gasteiger charge is -2.57. The highest BCUT2D eigenvalue weighted by molar-refractivity contribution is 7.97. The number of nitrogens with two attached hydrogens (primary N) is 1. The molecule has 7 nitrogen and oxygen atoms in total. The SMILES string of the molecule is Cc1ccc(SNC23CCCC(C#N)(C2)C3)cc1-c1cnc2c(N)ncnn12. The summed E-state index contributed by atoms with van der Waals surface area (Å²) in [6, 6.07) is 8.94. The summed E-state index contributed by atoms with van der Waals surface area (Å²) in [4.78, 5) is 9.52. The smallest absolute Gasteiger partial charge is 0.197 e. The van der Waals surface area contributed by atoms with E-state index in [4.69, 9.17) is 5.73 Å². The molecule has 0 amide bonds. The van der Waals surface area contributed by atoms with E-state index in [1.807, 2.05) is 0 Å². The van der Waals surface area contributed by atoms with Crippen LogP contribution in [0.2, 0.25) is 0 Å². The Morgan fingerprint density at radius 3 is 2.96 bits per heavy atom. The van der Waals surface area contributed by atoms with Gasteiger partial charge in [0.15, 0.2) is 11.5 Å². The predicted octanol–water partition coefficient (Wildman–Crippen LogP) is 3.51. The third-order valence-electron chi connectivity index (χ3n) is 6.10. The van der Waals surface area contributed by atoms with Crippen molar-refractivity contribution in [3.63, 3.8) is 0 Å². The van der Waals surface area contributed by atoms with E-state index >= 15 is 0 Å². The molecule has 0 saturated heterocycles. The Morgan fingerprint density at radius 1 is 1.29 bits per heavy atom. The third kappa shape index (κ3) is 2.65. The van der Waals surface area contributed by atoms with Crippen molar-refractivity contribution in [2.75, 3.05) is 5.73 Å². The molecule has 28 heavy (non-hydrogen) atoms. The zero-order chi connectivity index (χ0) is 19.4. The third-order valence-corrected chi connectivity index (χ3v) is 7.13. The quantitative estimate of drug-likeness (QED) is 0.656. The van der Waals surface area contributed by atoms with Crippen molar-refractivity contribution in [3.05, 3.63) is 36.3 Å². The standard InChI is InChI=1S/C20H21N7S/c1-13-3-4-14(28-26-20-6-2-5-19(9-20,10-20)11-21)7-15(13)16-8-23-18-17(22)24-12-25-27(16)18/h3-4,7-8,12,26H,2,5-6,9-10H2,1H3,(H2,22,24,25). The molecule has 3 saturated carbocycles. The molecule has 1 aromatic carbocycles. The number of aryl methyl sites for hydroxylation is 1. The largest absolute Gasteiger partial charge is 0.381 e. The van der Waals surface area contributed by atoms with E-state index in [2.05, 4.69) is 51.0 Å². The van der Waals surface area contributed by atoms with E-state index in [1.54, 1.807) is 22.7 Å². The average Bonchev–Trinajstić information content (AvgIpc) is 3.12. The van der Waals surface area contributed by atoms with Gasteiger partial charge in [0.25, 0.3) is 0 Å². The number of benzene rings is 1. The van der Waals surface area contributed by atoms with Gasteiger partial charge in [0.2, 0.25) is 0 Å². The Morgan fingerprint density at radius 2 is 2.14 bits per heavy atom. The number of rotatable bonds is 4. The lowest BCUT2D eigenvalue weighted by Crippen LogP contribution is -2.61. The van der Waals surface area contributed by atoms with Crippen molar-refractivity contribution >= 4 is 23.4 Å². The molecule has 0 unspecified atom stereocenters. The van der Waals surface area contributed by atoms with Crippen LogP contribution in [-0.4, -0.2) is 25.1 Å². The molecule has 0 atom stereocenters. The molecule has 3 aliphatic carbocycles. The summed E-state index contributed by atoms with van der Waals surface area (Å²) in [6.45, 7) is 2.08. The number of nitrogens with zero attached hydrogens (tertiary/aromatic N) is 5. The molecule has 3 fully saturated rings. The van der Waals surface area contributed by atoms with E-state index in [1.165, 1.54) is 6.33 Å². The van der Waals surface area contributed by atoms with Crippen molar-refractivity contribution < 1.29 is 0 Å². The molecule has 2 heterocycles. The van der Waals surface area contributed by atoms with Gasteiger partial charge in [0, 0.05) is 16.0 Å². The molecule has 3 aromatic rings. The van der Waals surface area contributed by atoms with Gasteiger partial charge >= 0.3 is 0 Å². The van der Waals surface area contributed by atoms with E-state index in [-0.39, 0.29) is 11.0 Å². The summed E-state index contributed by atoms with van der Waals surface area (Å²) in [5, 5.41) is 13.8. The number of nitrogens with one attached hydrogen (secondary N) is 1. The number of anilines is 1. The fourth-order valence-electron chi connectivity index (χ4n) is 4.75. The molecule has 3 N–H and O–H groups in total. The molecule has 142 valence electrons. The van der Waals surface area contributed by atoms with Gasteiger partial charge in [-0.25, -0.2) is 14.5 Å². The van der Waals surface area contributed by atoms with E-state index < -0.39 is 0 Å². The minimum atomic E-state index is -0.0829. The van der Waals surface area contributed by atoms with Crippen LogP contribution in [0.15, 0.2) is 35.6 Å². The minimum absolute atomic E-state index is 0.0829. The van der Waals surface area contributed by atoms with Crippen molar-refractivity contribution in [2.45, 2.75) is 49.5 Å². The maximum atomic E-state index is 9.45. The second kappa shape index (κ2) is 6.19. The van der Waals surface area contributed by atoms with Gasteiger partial charge in [-0.15, -0.1) is 0 Å². The highest BCUT2D eigenvalue weighted by atomic mass is 32.2. The second-order valence-corrected chi connectivity index (χ2v) is 8.96. The maximum Gasteiger partial charge on any atom is 0.197 e. The summed E-state index contributed by atoms with van der Waals surface area (Å²) < 4.78 is 5.41. The lowest BCUT2D eigenvalue weighted by atomic mass is 9.51. The lowest BCUT2D eigenvalue weighted by molar-refractivity contribution is 0.00836. The van der Waals surface area contributed by atoms with E-state index in [0.717, 1.165) is 53.8 Å². The van der Waals surface area contributed by atoms with Crippen molar-refractivity contribution in [1.29, 1.82) is 5.26 Å².